The summed E-state index contributed by atoms with van der Waals surface area (Å²) in [7, 11) is 0. The highest BCUT2D eigenvalue weighted by Crippen LogP contribution is 2.09. The summed E-state index contributed by atoms with van der Waals surface area (Å²) in [5.74, 6) is 0. The third-order valence-electron chi connectivity index (χ3n) is 2.63. The third kappa shape index (κ3) is 4.79. The summed E-state index contributed by atoms with van der Waals surface area (Å²) in [6.07, 6.45) is 14.6. The molecule has 15 heavy (non-hydrogen) atoms. The molecule has 0 aliphatic heterocycles. The summed E-state index contributed by atoms with van der Waals surface area (Å²) >= 11 is 0. The predicted molar refractivity (Wildman–Crippen MR) is 63.2 cm³/mol. The molecule has 0 spiro atoms. The Morgan fingerprint density at radius 1 is 1.20 bits per heavy atom. The van der Waals surface area contributed by atoms with Crippen LogP contribution in [0.15, 0.2) is 29.5 Å². The molecule has 1 rings (SSSR count). The van der Waals surface area contributed by atoms with Gasteiger partial charge in [0.2, 0.25) is 0 Å². The minimum Gasteiger partial charge on any atom is -0.411 e. The predicted octanol–water partition coefficient (Wildman–Crippen LogP) is 2.61. The molecule has 0 saturated heterocycles. The Labute approximate surface area is 91.4 Å². The van der Waals surface area contributed by atoms with Crippen LogP contribution < -0.4 is 5.73 Å². The average molecular weight is 208 g/mol. The van der Waals surface area contributed by atoms with Crippen LogP contribution in [0.4, 0.5) is 0 Å². The number of oxime groups is 1. The number of rotatable bonds is 0. The van der Waals surface area contributed by atoms with Gasteiger partial charge in [0.1, 0.15) is 0 Å². The molecule has 0 amide bonds. The normalized spacial score (nSPS) is 27.3. The van der Waals surface area contributed by atoms with Crippen molar-refractivity contribution in [3.8, 4) is 0 Å². The van der Waals surface area contributed by atoms with Crippen LogP contribution in [0.2, 0.25) is 0 Å². The lowest BCUT2D eigenvalue weighted by atomic mass is 10.0. The van der Waals surface area contributed by atoms with E-state index in [0.717, 1.165) is 19.3 Å². The fourth-order valence-electron chi connectivity index (χ4n) is 1.67. The Morgan fingerprint density at radius 3 is 2.80 bits per heavy atom. The van der Waals surface area contributed by atoms with Gasteiger partial charge in [-0.2, -0.15) is 0 Å². The van der Waals surface area contributed by atoms with E-state index < -0.39 is 0 Å². The lowest BCUT2D eigenvalue weighted by Crippen LogP contribution is -2.28. The molecule has 0 aromatic carbocycles. The van der Waals surface area contributed by atoms with Crippen molar-refractivity contribution in [1.29, 1.82) is 0 Å². The maximum absolute atomic E-state index is 8.82. The first-order valence-corrected chi connectivity index (χ1v) is 5.64. The smallest absolute Gasteiger partial charge is 0.0776 e. The zero-order chi connectivity index (χ0) is 10.9. The van der Waals surface area contributed by atoms with E-state index in [1.807, 2.05) is 18.2 Å². The molecule has 1 aliphatic carbocycles. The molecule has 0 radical (unpaired) electrons. The van der Waals surface area contributed by atoms with Crippen molar-refractivity contribution in [1.82, 2.24) is 0 Å². The Kier molecular flexibility index (Phi) is 5.78. The van der Waals surface area contributed by atoms with Gasteiger partial charge in [0, 0.05) is 0 Å². The van der Waals surface area contributed by atoms with Gasteiger partial charge in [-0.25, -0.2) is 0 Å². The minimum absolute atomic E-state index is 0.251. The Bertz CT molecular complexity index is 256. The molecule has 0 heterocycles. The van der Waals surface area contributed by atoms with E-state index in [2.05, 4.69) is 11.2 Å². The zero-order valence-electron chi connectivity index (χ0n) is 9.10. The van der Waals surface area contributed by atoms with Gasteiger partial charge in [-0.1, -0.05) is 42.3 Å². The second-order valence-corrected chi connectivity index (χ2v) is 3.88. The average Bonchev–Trinajstić information content (AvgIpc) is 2.23. The standard InChI is InChI=1S/C12H20N2O/c13-11-9-7-5-3-1-2-4-6-8-10-12(11)14-15/h3,5,7,9,11,15H,1-2,4,6,8,10,13H2. The molecule has 1 unspecified atom stereocenters. The fourth-order valence-corrected chi connectivity index (χ4v) is 1.67. The van der Waals surface area contributed by atoms with Crippen LogP contribution in [0.1, 0.15) is 38.5 Å². The second-order valence-electron chi connectivity index (χ2n) is 3.88. The van der Waals surface area contributed by atoms with Crippen LogP contribution >= 0.6 is 0 Å². The molecular formula is C12H20N2O. The number of hydrogen-bond donors (Lipinski definition) is 2. The summed E-state index contributed by atoms with van der Waals surface area (Å²) in [6.45, 7) is 0. The van der Waals surface area contributed by atoms with Crippen LogP contribution in [0, 0.1) is 0 Å². The van der Waals surface area contributed by atoms with Crippen molar-refractivity contribution in [2.45, 2.75) is 44.6 Å². The topological polar surface area (TPSA) is 58.6 Å². The molecule has 84 valence electrons. The van der Waals surface area contributed by atoms with Crippen LogP contribution in [-0.2, 0) is 0 Å². The summed E-state index contributed by atoms with van der Waals surface area (Å²) in [6, 6.07) is -0.251. The molecule has 0 aromatic rings. The Balaban J connectivity index is 2.59. The molecule has 0 saturated carbocycles. The van der Waals surface area contributed by atoms with E-state index in [0.29, 0.717) is 5.71 Å². The highest BCUT2D eigenvalue weighted by atomic mass is 16.4. The number of allylic oxidation sites excluding steroid dienone is 3. The van der Waals surface area contributed by atoms with Crippen molar-refractivity contribution in [3.05, 3.63) is 24.3 Å². The summed E-state index contributed by atoms with van der Waals surface area (Å²) in [5.41, 5.74) is 6.54. The first kappa shape index (κ1) is 12.0. The molecule has 1 atom stereocenters. The van der Waals surface area contributed by atoms with E-state index in [-0.39, 0.29) is 6.04 Å². The number of nitrogens with zero attached hydrogens (tertiary/aromatic N) is 1. The van der Waals surface area contributed by atoms with Crippen LogP contribution in [0.5, 0.6) is 0 Å². The maximum Gasteiger partial charge on any atom is 0.0776 e. The van der Waals surface area contributed by atoms with Crippen molar-refractivity contribution in [3.63, 3.8) is 0 Å². The molecule has 0 fully saturated rings. The van der Waals surface area contributed by atoms with E-state index >= 15 is 0 Å². The lowest BCUT2D eigenvalue weighted by molar-refractivity contribution is 0.315. The lowest BCUT2D eigenvalue weighted by Gasteiger charge is -2.09. The first-order valence-electron chi connectivity index (χ1n) is 5.64. The van der Waals surface area contributed by atoms with E-state index in [1.165, 1.54) is 19.3 Å². The van der Waals surface area contributed by atoms with Gasteiger partial charge in [-0.3, -0.25) is 0 Å². The van der Waals surface area contributed by atoms with Gasteiger partial charge in [0.25, 0.3) is 0 Å². The maximum atomic E-state index is 8.82. The van der Waals surface area contributed by atoms with Crippen molar-refractivity contribution >= 4 is 5.71 Å². The highest BCUT2D eigenvalue weighted by molar-refractivity contribution is 5.90. The van der Waals surface area contributed by atoms with E-state index in [9.17, 15) is 0 Å². The quantitative estimate of drug-likeness (QED) is 0.475. The molecule has 0 bridgehead atoms. The number of hydrogen-bond acceptors (Lipinski definition) is 3. The Morgan fingerprint density at radius 2 is 2.00 bits per heavy atom. The molecule has 3 heteroatoms. The SMILES string of the molecule is NC1C=CC=CCCCCCCC1=NO. The largest absolute Gasteiger partial charge is 0.411 e. The van der Waals surface area contributed by atoms with E-state index in [1.54, 1.807) is 0 Å². The number of nitrogens with two attached hydrogens (primary N) is 1. The molecule has 1 aliphatic rings. The van der Waals surface area contributed by atoms with Gasteiger partial charge >= 0.3 is 0 Å². The third-order valence-corrected chi connectivity index (χ3v) is 2.63. The monoisotopic (exact) mass is 208 g/mol. The van der Waals surface area contributed by atoms with Crippen LogP contribution in [0.3, 0.4) is 0 Å². The van der Waals surface area contributed by atoms with Crippen molar-refractivity contribution < 1.29 is 5.21 Å². The zero-order valence-corrected chi connectivity index (χ0v) is 9.10. The van der Waals surface area contributed by atoms with Gasteiger partial charge in [0.05, 0.1) is 11.8 Å². The summed E-state index contributed by atoms with van der Waals surface area (Å²) in [5, 5.41) is 12.1. The molecular weight excluding hydrogens is 188 g/mol. The van der Waals surface area contributed by atoms with Gasteiger partial charge in [-0.15, -0.1) is 0 Å². The van der Waals surface area contributed by atoms with E-state index in [4.69, 9.17) is 10.9 Å². The Hall–Kier alpha value is -1.09. The highest BCUT2D eigenvalue weighted by Gasteiger charge is 2.08. The second kappa shape index (κ2) is 7.23. The van der Waals surface area contributed by atoms with Crippen molar-refractivity contribution in [2.75, 3.05) is 0 Å². The fraction of sp³-hybridized carbons (Fsp3) is 0.583. The van der Waals surface area contributed by atoms with Crippen LogP contribution in [0.25, 0.3) is 0 Å². The van der Waals surface area contributed by atoms with Gasteiger partial charge in [-0.05, 0) is 25.7 Å². The molecule has 3 N–H and O–H groups in total. The first-order chi connectivity index (χ1) is 7.34. The summed E-state index contributed by atoms with van der Waals surface area (Å²) < 4.78 is 0. The molecule has 3 nitrogen and oxygen atoms in total. The molecule has 0 aromatic heterocycles. The summed E-state index contributed by atoms with van der Waals surface area (Å²) in [4.78, 5) is 0. The van der Waals surface area contributed by atoms with Crippen molar-refractivity contribution in [2.24, 2.45) is 10.9 Å². The minimum atomic E-state index is -0.251. The van der Waals surface area contributed by atoms with Crippen LogP contribution in [-0.4, -0.2) is 17.0 Å². The van der Waals surface area contributed by atoms with Gasteiger partial charge in [0.15, 0.2) is 0 Å². The van der Waals surface area contributed by atoms with Gasteiger partial charge < -0.3 is 10.9 Å².